The summed E-state index contributed by atoms with van der Waals surface area (Å²) in [5, 5.41) is 0. The molecule has 1 aromatic heterocycles. The number of aryl methyl sites for hydroxylation is 2. The maximum absolute atomic E-state index is 4.90. The van der Waals surface area contributed by atoms with Gasteiger partial charge in [0.25, 0.3) is 0 Å². The third-order valence-corrected chi connectivity index (χ3v) is 5.87. The molecule has 0 fully saturated rings. The first-order valence-corrected chi connectivity index (χ1v) is 9.46. The molecule has 0 unspecified atom stereocenters. The Morgan fingerprint density at radius 2 is 1.77 bits per heavy atom. The average Bonchev–Trinajstić information content (AvgIpc) is 2.98. The van der Waals surface area contributed by atoms with Crippen LogP contribution in [0.5, 0.6) is 0 Å². The third kappa shape index (κ3) is 2.47. The molecule has 0 saturated carbocycles. The Hall–Kier alpha value is -2.48. The quantitative estimate of drug-likeness (QED) is 0.458. The van der Waals surface area contributed by atoms with Crippen LogP contribution in [0.25, 0.3) is 22.5 Å². The molecule has 0 atom stereocenters. The van der Waals surface area contributed by atoms with E-state index in [0.29, 0.717) is 5.92 Å². The Morgan fingerprint density at radius 1 is 1.00 bits per heavy atom. The number of benzene rings is 2. The zero-order chi connectivity index (χ0) is 18.6. The van der Waals surface area contributed by atoms with Crippen LogP contribution < -0.4 is 4.57 Å². The van der Waals surface area contributed by atoms with E-state index in [1.54, 1.807) is 0 Å². The highest BCUT2D eigenvalue weighted by molar-refractivity contribution is 5.76. The van der Waals surface area contributed by atoms with Gasteiger partial charge in [-0.05, 0) is 71.1 Å². The van der Waals surface area contributed by atoms with Crippen molar-refractivity contribution in [3.05, 3.63) is 70.0 Å². The molecule has 2 heteroatoms. The first kappa shape index (κ1) is 17.0. The first-order chi connectivity index (χ1) is 12.4. The fourth-order valence-corrected chi connectivity index (χ4v) is 4.32. The molecule has 2 nitrogen and oxygen atoms in total. The van der Waals surface area contributed by atoms with Gasteiger partial charge < -0.3 is 0 Å². The SMILES string of the molecule is Cc1cc(C)c(C)c(-c2ncc3c([n+]2C)Cc2c-3cccc2C(C)C)c1. The predicted molar refractivity (Wildman–Crippen MR) is 107 cm³/mol. The largest absolute Gasteiger partial charge is 0.330 e. The Labute approximate surface area is 156 Å². The summed E-state index contributed by atoms with van der Waals surface area (Å²) >= 11 is 0. The highest BCUT2D eigenvalue weighted by Gasteiger charge is 2.30. The molecule has 132 valence electrons. The van der Waals surface area contributed by atoms with Crippen LogP contribution in [0.15, 0.2) is 36.5 Å². The lowest BCUT2D eigenvalue weighted by Crippen LogP contribution is -2.37. The van der Waals surface area contributed by atoms with E-state index in [4.69, 9.17) is 4.98 Å². The molecule has 0 amide bonds. The lowest BCUT2D eigenvalue weighted by Gasteiger charge is -2.10. The summed E-state index contributed by atoms with van der Waals surface area (Å²) in [6, 6.07) is 11.2. The smallest absolute Gasteiger partial charge is 0.229 e. The van der Waals surface area contributed by atoms with Crippen LogP contribution >= 0.6 is 0 Å². The molecule has 0 bridgehead atoms. The first-order valence-electron chi connectivity index (χ1n) is 9.46. The summed E-state index contributed by atoms with van der Waals surface area (Å²) in [6.45, 7) is 11.1. The van der Waals surface area contributed by atoms with Crippen molar-refractivity contribution in [2.75, 3.05) is 0 Å². The molecule has 0 spiro atoms. The van der Waals surface area contributed by atoms with E-state index in [1.807, 2.05) is 0 Å². The maximum Gasteiger partial charge on any atom is 0.330 e. The van der Waals surface area contributed by atoms with E-state index >= 15 is 0 Å². The minimum absolute atomic E-state index is 0.540. The number of hydrogen-bond acceptors (Lipinski definition) is 1. The van der Waals surface area contributed by atoms with Gasteiger partial charge in [-0.25, -0.2) is 4.57 Å². The van der Waals surface area contributed by atoms with Crippen molar-refractivity contribution in [1.29, 1.82) is 0 Å². The van der Waals surface area contributed by atoms with E-state index in [0.717, 1.165) is 12.2 Å². The minimum atomic E-state index is 0.540. The maximum atomic E-state index is 4.90. The van der Waals surface area contributed by atoms with Crippen molar-refractivity contribution in [1.82, 2.24) is 4.98 Å². The van der Waals surface area contributed by atoms with Crippen molar-refractivity contribution in [3.8, 4) is 22.5 Å². The Kier molecular flexibility index (Phi) is 3.95. The number of rotatable bonds is 2. The van der Waals surface area contributed by atoms with E-state index in [-0.39, 0.29) is 0 Å². The van der Waals surface area contributed by atoms with Gasteiger partial charge in [-0.2, -0.15) is 0 Å². The number of hydrogen-bond donors (Lipinski definition) is 0. The van der Waals surface area contributed by atoms with Gasteiger partial charge in [0.05, 0.1) is 18.2 Å². The van der Waals surface area contributed by atoms with Crippen LogP contribution in [0.4, 0.5) is 0 Å². The summed E-state index contributed by atoms with van der Waals surface area (Å²) in [5.41, 5.74) is 12.1. The standard InChI is InChI=1S/C24H27N2/c1-14(2)18-8-7-9-19-21(18)12-23-22(19)13-25-24(26(23)6)20-11-15(3)10-16(4)17(20)5/h7-11,13-14H,12H2,1-6H3/q+1. The van der Waals surface area contributed by atoms with Gasteiger partial charge in [0, 0.05) is 6.42 Å². The number of fused-ring (bicyclic) bond motifs is 3. The molecular weight excluding hydrogens is 316 g/mol. The molecule has 26 heavy (non-hydrogen) atoms. The second-order valence-corrected chi connectivity index (χ2v) is 7.96. The van der Waals surface area contributed by atoms with E-state index in [2.05, 4.69) is 82.8 Å². The van der Waals surface area contributed by atoms with Crippen LogP contribution in [-0.2, 0) is 13.5 Å². The topological polar surface area (TPSA) is 16.8 Å². The van der Waals surface area contributed by atoms with E-state index in [1.165, 1.54) is 50.2 Å². The van der Waals surface area contributed by atoms with Crippen molar-refractivity contribution >= 4 is 0 Å². The molecule has 1 aliphatic rings. The Balaban J connectivity index is 1.91. The summed E-state index contributed by atoms with van der Waals surface area (Å²) < 4.78 is 2.31. The molecule has 0 aliphatic heterocycles. The summed E-state index contributed by atoms with van der Waals surface area (Å²) in [6.07, 6.45) is 3.08. The lowest BCUT2D eigenvalue weighted by molar-refractivity contribution is -0.669. The van der Waals surface area contributed by atoms with Crippen molar-refractivity contribution in [3.63, 3.8) is 0 Å². The minimum Gasteiger partial charge on any atom is -0.229 e. The number of nitrogens with zero attached hydrogens (tertiary/aromatic N) is 2. The van der Waals surface area contributed by atoms with Crippen molar-refractivity contribution in [2.45, 2.75) is 47.0 Å². The van der Waals surface area contributed by atoms with Crippen LogP contribution in [0.2, 0.25) is 0 Å². The van der Waals surface area contributed by atoms with Crippen LogP contribution in [0.3, 0.4) is 0 Å². The summed E-state index contributed by atoms with van der Waals surface area (Å²) in [4.78, 5) is 4.90. The molecule has 1 aliphatic carbocycles. The highest BCUT2D eigenvalue weighted by Crippen LogP contribution is 2.39. The molecular formula is C24H27N2+. The van der Waals surface area contributed by atoms with Gasteiger partial charge in [0.15, 0.2) is 6.20 Å². The van der Waals surface area contributed by atoms with Gasteiger partial charge >= 0.3 is 5.82 Å². The van der Waals surface area contributed by atoms with Crippen LogP contribution in [0, 0.1) is 20.8 Å². The predicted octanol–water partition coefficient (Wildman–Crippen LogP) is 5.19. The summed E-state index contributed by atoms with van der Waals surface area (Å²) in [7, 11) is 2.17. The van der Waals surface area contributed by atoms with Crippen molar-refractivity contribution in [2.24, 2.45) is 7.05 Å². The highest BCUT2D eigenvalue weighted by atomic mass is 15.0. The van der Waals surface area contributed by atoms with Gasteiger partial charge in [-0.15, -0.1) is 0 Å². The lowest BCUT2D eigenvalue weighted by atomic mass is 9.94. The van der Waals surface area contributed by atoms with Gasteiger partial charge in [0.1, 0.15) is 5.69 Å². The third-order valence-electron chi connectivity index (χ3n) is 5.87. The van der Waals surface area contributed by atoms with Gasteiger partial charge in [-0.3, -0.25) is 0 Å². The normalized spacial score (nSPS) is 12.4. The second kappa shape index (κ2) is 6.05. The van der Waals surface area contributed by atoms with E-state index in [9.17, 15) is 0 Å². The molecule has 2 aromatic carbocycles. The van der Waals surface area contributed by atoms with Crippen LogP contribution in [0.1, 0.15) is 53.3 Å². The molecule has 1 heterocycles. The van der Waals surface area contributed by atoms with Crippen molar-refractivity contribution < 1.29 is 4.57 Å². The van der Waals surface area contributed by atoms with Gasteiger partial charge in [0.2, 0.25) is 0 Å². The number of aromatic nitrogens is 2. The molecule has 4 rings (SSSR count). The monoisotopic (exact) mass is 343 g/mol. The molecule has 3 aromatic rings. The zero-order valence-corrected chi connectivity index (χ0v) is 16.6. The second-order valence-electron chi connectivity index (χ2n) is 7.96. The molecule has 0 saturated heterocycles. The average molecular weight is 343 g/mol. The fourth-order valence-electron chi connectivity index (χ4n) is 4.32. The molecule has 0 N–H and O–H groups in total. The molecule has 0 radical (unpaired) electrons. The van der Waals surface area contributed by atoms with E-state index < -0.39 is 0 Å². The Bertz CT molecular complexity index is 1030. The van der Waals surface area contributed by atoms with Crippen LogP contribution in [-0.4, -0.2) is 4.98 Å². The zero-order valence-electron chi connectivity index (χ0n) is 16.6. The summed E-state index contributed by atoms with van der Waals surface area (Å²) in [5.74, 6) is 1.60. The Morgan fingerprint density at radius 3 is 2.50 bits per heavy atom. The van der Waals surface area contributed by atoms with Gasteiger partial charge in [-0.1, -0.05) is 38.1 Å². The fraction of sp³-hybridized carbons (Fsp3) is 0.333.